The zero-order valence-electron chi connectivity index (χ0n) is 10.6. The highest BCUT2D eigenvalue weighted by Crippen LogP contribution is 2.17. The van der Waals surface area contributed by atoms with Gasteiger partial charge in [0, 0.05) is 18.3 Å². The number of aromatic amines is 1. The van der Waals surface area contributed by atoms with Crippen molar-refractivity contribution in [3.05, 3.63) is 23.1 Å². The average Bonchev–Trinajstić information content (AvgIpc) is 2.84. The number of aromatic nitrogens is 4. The summed E-state index contributed by atoms with van der Waals surface area (Å²) in [5, 5.41) is 13.6. The van der Waals surface area contributed by atoms with Gasteiger partial charge in [0.1, 0.15) is 5.69 Å². The molecule has 7 nitrogen and oxygen atoms in total. The Labute approximate surface area is 104 Å². The third-order valence-corrected chi connectivity index (χ3v) is 2.64. The van der Waals surface area contributed by atoms with Gasteiger partial charge in [0.15, 0.2) is 5.82 Å². The fourth-order valence-electron chi connectivity index (χ4n) is 1.72. The monoisotopic (exact) mass is 248 g/mol. The highest BCUT2D eigenvalue weighted by molar-refractivity contribution is 6.06. The van der Waals surface area contributed by atoms with E-state index < -0.39 is 0 Å². The van der Waals surface area contributed by atoms with Crippen molar-refractivity contribution in [3.63, 3.8) is 0 Å². The van der Waals surface area contributed by atoms with Crippen molar-refractivity contribution < 1.29 is 4.79 Å². The molecule has 2 aromatic rings. The molecule has 2 aromatic heterocycles. The number of nitrogens with one attached hydrogen (secondary N) is 2. The second kappa shape index (κ2) is 4.52. The van der Waals surface area contributed by atoms with Gasteiger partial charge >= 0.3 is 0 Å². The fraction of sp³-hybridized carbons (Fsp3) is 0.364. The van der Waals surface area contributed by atoms with Crippen molar-refractivity contribution in [1.29, 1.82) is 0 Å². The molecule has 4 N–H and O–H groups in total. The number of nitrogen functional groups attached to an aromatic ring is 1. The average molecular weight is 248 g/mol. The normalized spacial score (nSPS) is 10.6. The van der Waals surface area contributed by atoms with Crippen LogP contribution in [0.4, 0.5) is 11.5 Å². The molecule has 2 heterocycles. The molecule has 0 aliphatic heterocycles. The van der Waals surface area contributed by atoms with Gasteiger partial charge in [0.2, 0.25) is 0 Å². The summed E-state index contributed by atoms with van der Waals surface area (Å²) >= 11 is 0. The van der Waals surface area contributed by atoms with Crippen LogP contribution in [-0.4, -0.2) is 25.9 Å². The minimum absolute atomic E-state index is 0.304. The number of anilines is 2. The molecule has 0 spiro atoms. The first-order valence-corrected chi connectivity index (χ1v) is 5.69. The van der Waals surface area contributed by atoms with Crippen LogP contribution in [0.15, 0.2) is 6.07 Å². The molecule has 7 heteroatoms. The molecule has 0 bridgehead atoms. The maximum atomic E-state index is 12.1. The third-order valence-electron chi connectivity index (χ3n) is 2.64. The lowest BCUT2D eigenvalue weighted by Gasteiger charge is -2.05. The maximum absolute atomic E-state index is 12.1. The number of nitrogens with zero attached hydrogens (tertiary/aromatic N) is 3. The van der Waals surface area contributed by atoms with Crippen molar-refractivity contribution in [2.24, 2.45) is 0 Å². The van der Waals surface area contributed by atoms with Gasteiger partial charge in [-0.15, -0.1) is 0 Å². The van der Waals surface area contributed by atoms with Gasteiger partial charge in [-0.3, -0.25) is 14.6 Å². The lowest BCUT2D eigenvalue weighted by Crippen LogP contribution is -2.19. The zero-order valence-corrected chi connectivity index (χ0v) is 10.6. The van der Waals surface area contributed by atoms with Crippen LogP contribution in [-0.2, 0) is 6.54 Å². The van der Waals surface area contributed by atoms with Crippen molar-refractivity contribution in [2.45, 2.75) is 27.3 Å². The Kier molecular flexibility index (Phi) is 3.05. The van der Waals surface area contributed by atoms with E-state index in [1.54, 1.807) is 17.7 Å². The summed E-state index contributed by atoms with van der Waals surface area (Å²) in [6.45, 7) is 6.12. The highest BCUT2D eigenvalue weighted by Gasteiger charge is 2.19. The summed E-state index contributed by atoms with van der Waals surface area (Å²) in [6.07, 6.45) is 0. The number of hydrogen-bond acceptors (Lipinski definition) is 4. The van der Waals surface area contributed by atoms with E-state index in [2.05, 4.69) is 20.6 Å². The second-order valence-corrected chi connectivity index (χ2v) is 4.05. The van der Waals surface area contributed by atoms with E-state index >= 15 is 0 Å². The predicted octanol–water partition coefficient (Wildman–Crippen LogP) is 1.08. The van der Waals surface area contributed by atoms with E-state index in [0.717, 1.165) is 5.69 Å². The highest BCUT2D eigenvalue weighted by atomic mass is 16.2. The minimum Gasteiger partial charge on any atom is -0.395 e. The number of H-pyrrole nitrogens is 1. The van der Waals surface area contributed by atoms with Crippen molar-refractivity contribution in [3.8, 4) is 0 Å². The number of amides is 1. The topological polar surface area (TPSA) is 102 Å². The Morgan fingerprint density at radius 2 is 2.28 bits per heavy atom. The van der Waals surface area contributed by atoms with Gasteiger partial charge in [-0.1, -0.05) is 0 Å². The summed E-state index contributed by atoms with van der Waals surface area (Å²) in [4.78, 5) is 12.1. The van der Waals surface area contributed by atoms with E-state index in [4.69, 9.17) is 5.73 Å². The van der Waals surface area contributed by atoms with E-state index in [9.17, 15) is 4.79 Å². The molecule has 0 radical (unpaired) electrons. The molecule has 18 heavy (non-hydrogen) atoms. The van der Waals surface area contributed by atoms with Crippen molar-refractivity contribution >= 4 is 17.4 Å². The first-order valence-electron chi connectivity index (χ1n) is 5.69. The molecule has 0 saturated heterocycles. The largest absolute Gasteiger partial charge is 0.395 e. The molecule has 0 unspecified atom stereocenters. The molecule has 0 aliphatic carbocycles. The molecule has 0 fully saturated rings. The molecule has 2 rings (SSSR count). The molecular formula is C11H16N6O. The van der Waals surface area contributed by atoms with Gasteiger partial charge in [-0.05, 0) is 20.8 Å². The molecule has 0 saturated carbocycles. The van der Waals surface area contributed by atoms with Crippen molar-refractivity contribution in [2.75, 3.05) is 11.1 Å². The summed E-state index contributed by atoms with van der Waals surface area (Å²) in [5.41, 5.74) is 8.17. The van der Waals surface area contributed by atoms with E-state index in [0.29, 0.717) is 29.4 Å². The first kappa shape index (κ1) is 12.2. The molecule has 1 amide bonds. The predicted molar refractivity (Wildman–Crippen MR) is 68.3 cm³/mol. The van der Waals surface area contributed by atoms with Crippen molar-refractivity contribution in [1.82, 2.24) is 20.0 Å². The second-order valence-electron chi connectivity index (χ2n) is 4.05. The standard InChI is InChI=1S/C11H16N6O/c1-4-17-10(9(12)7(3)16-17)11(18)13-8-5-6(2)14-15-8/h5H,4,12H2,1-3H3,(H2,13,14,15,18). The van der Waals surface area contributed by atoms with Crippen LogP contribution < -0.4 is 11.1 Å². The molecule has 0 atom stereocenters. The summed E-state index contributed by atoms with van der Waals surface area (Å²) < 4.78 is 1.58. The van der Waals surface area contributed by atoms with E-state index in [1.807, 2.05) is 13.8 Å². The van der Waals surface area contributed by atoms with Crippen LogP contribution in [0, 0.1) is 13.8 Å². The molecule has 96 valence electrons. The Hall–Kier alpha value is -2.31. The van der Waals surface area contributed by atoms with Gasteiger partial charge in [0.25, 0.3) is 5.91 Å². The van der Waals surface area contributed by atoms with Gasteiger partial charge in [-0.25, -0.2) is 0 Å². The summed E-state index contributed by atoms with van der Waals surface area (Å²) in [7, 11) is 0. The minimum atomic E-state index is -0.304. The Morgan fingerprint density at radius 1 is 1.56 bits per heavy atom. The molecular weight excluding hydrogens is 232 g/mol. The Balaban J connectivity index is 2.28. The quantitative estimate of drug-likeness (QED) is 0.756. The summed E-state index contributed by atoms with van der Waals surface area (Å²) in [6, 6.07) is 1.74. The lowest BCUT2D eigenvalue weighted by molar-refractivity contribution is 0.101. The van der Waals surface area contributed by atoms with Crippen LogP contribution in [0.3, 0.4) is 0 Å². The van der Waals surface area contributed by atoms with Crippen LogP contribution in [0.5, 0.6) is 0 Å². The lowest BCUT2D eigenvalue weighted by atomic mass is 10.3. The van der Waals surface area contributed by atoms with Crippen LogP contribution >= 0.6 is 0 Å². The number of hydrogen-bond donors (Lipinski definition) is 3. The third kappa shape index (κ3) is 2.06. The van der Waals surface area contributed by atoms with Gasteiger partial charge in [-0.2, -0.15) is 10.2 Å². The number of rotatable bonds is 3. The summed E-state index contributed by atoms with van der Waals surface area (Å²) in [5.74, 6) is 0.167. The number of carbonyl (C=O) groups excluding carboxylic acids is 1. The first-order chi connectivity index (χ1) is 8.52. The van der Waals surface area contributed by atoms with Gasteiger partial charge in [0.05, 0.1) is 11.4 Å². The Morgan fingerprint density at radius 3 is 2.83 bits per heavy atom. The maximum Gasteiger partial charge on any atom is 0.277 e. The van der Waals surface area contributed by atoms with Crippen LogP contribution in [0.25, 0.3) is 0 Å². The van der Waals surface area contributed by atoms with E-state index in [1.165, 1.54) is 0 Å². The number of carbonyl (C=O) groups is 1. The SMILES string of the molecule is CCn1nc(C)c(N)c1C(=O)Nc1cc(C)[nH]n1. The van der Waals surface area contributed by atoms with Crippen LogP contribution in [0.1, 0.15) is 28.8 Å². The number of aryl methyl sites for hydroxylation is 3. The van der Waals surface area contributed by atoms with Crippen LogP contribution in [0.2, 0.25) is 0 Å². The van der Waals surface area contributed by atoms with E-state index in [-0.39, 0.29) is 5.91 Å². The van der Waals surface area contributed by atoms with Gasteiger partial charge < -0.3 is 11.1 Å². The molecule has 0 aromatic carbocycles. The smallest absolute Gasteiger partial charge is 0.277 e. The number of nitrogens with two attached hydrogens (primary N) is 1. The fourth-order valence-corrected chi connectivity index (χ4v) is 1.72. The Bertz CT molecular complexity index is 582. The molecule has 0 aliphatic rings. The zero-order chi connectivity index (χ0) is 13.3.